The summed E-state index contributed by atoms with van der Waals surface area (Å²) in [7, 11) is 0. The first kappa shape index (κ1) is 6.09. The van der Waals surface area contributed by atoms with Gasteiger partial charge in [-0.1, -0.05) is 13.8 Å². The third-order valence-corrected chi connectivity index (χ3v) is 2.19. The highest BCUT2D eigenvalue weighted by Gasteiger charge is 2.36. The Morgan fingerprint density at radius 2 is 2.25 bits per heavy atom. The van der Waals surface area contributed by atoms with Crippen molar-refractivity contribution in [1.29, 1.82) is 0 Å². The summed E-state index contributed by atoms with van der Waals surface area (Å²) in [5.74, 6) is 1.78. The maximum absolute atomic E-state index is 5.77. The summed E-state index contributed by atoms with van der Waals surface area (Å²) in [5, 5.41) is 0. The van der Waals surface area contributed by atoms with E-state index in [1.807, 2.05) is 0 Å². The molecule has 0 heterocycles. The standard InChI is InChI=1S/C7H15N/c1-3-7(8)6-4-5(6)2/h5-7H,3-4,8H2,1-2H3/t5-,6+,7-/m0/s1. The van der Waals surface area contributed by atoms with Crippen molar-refractivity contribution in [3.05, 3.63) is 0 Å². The molecular weight excluding hydrogens is 98.1 g/mol. The number of rotatable bonds is 2. The van der Waals surface area contributed by atoms with Crippen LogP contribution in [0.2, 0.25) is 0 Å². The van der Waals surface area contributed by atoms with Crippen molar-refractivity contribution in [2.45, 2.75) is 32.7 Å². The van der Waals surface area contributed by atoms with E-state index in [1.165, 1.54) is 6.42 Å². The average Bonchev–Trinajstić information content (AvgIpc) is 2.45. The zero-order valence-electron chi connectivity index (χ0n) is 5.72. The fourth-order valence-corrected chi connectivity index (χ4v) is 1.25. The van der Waals surface area contributed by atoms with Crippen molar-refractivity contribution in [3.8, 4) is 0 Å². The minimum atomic E-state index is 0.491. The van der Waals surface area contributed by atoms with Gasteiger partial charge in [0, 0.05) is 6.04 Å². The highest BCUT2D eigenvalue weighted by molar-refractivity contribution is 4.89. The molecule has 0 amide bonds. The molecule has 0 saturated heterocycles. The first-order valence-electron chi connectivity index (χ1n) is 3.51. The van der Waals surface area contributed by atoms with Crippen molar-refractivity contribution < 1.29 is 0 Å². The minimum absolute atomic E-state index is 0.491. The molecule has 0 spiro atoms. The third-order valence-electron chi connectivity index (χ3n) is 2.19. The number of hydrogen-bond acceptors (Lipinski definition) is 1. The fourth-order valence-electron chi connectivity index (χ4n) is 1.25. The van der Waals surface area contributed by atoms with Crippen molar-refractivity contribution in [2.75, 3.05) is 0 Å². The molecule has 0 aliphatic heterocycles. The lowest BCUT2D eigenvalue weighted by Gasteiger charge is -2.04. The average molecular weight is 113 g/mol. The van der Waals surface area contributed by atoms with Crippen LogP contribution in [-0.4, -0.2) is 6.04 Å². The largest absolute Gasteiger partial charge is 0.327 e. The summed E-state index contributed by atoms with van der Waals surface area (Å²) >= 11 is 0. The smallest absolute Gasteiger partial charge is 0.00671 e. The quantitative estimate of drug-likeness (QED) is 0.575. The summed E-state index contributed by atoms with van der Waals surface area (Å²) in [4.78, 5) is 0. The van der Waals surface area contributed by atoms with Gasteiger partial charge in [0.25, 0.3) is 0 Å². The molecule has 2 N–H and O–H groups in total. The maximum atomic E-state index is 5.77. The molecule has 0 aromatic carbocycles. The Labute approximate surface area is 51.3 Å². The van der Waals surface area contributed by atoms with Gasteiger partial charge in [-0.15, -0.1) is 0 Å². The lowest BCUT2D eigenvalue weighted by Crippen LogP contribution is -2.21. The predicted octanol–water partition coefficient (Wildman–Crippen LogP) is 1.38. The van der Waals surface area contributed by atoms with E-state index in [4.69, 9.17) is 5.73 Å². The molecule has 1 rings (SSSR count). The van der Waals surface area contributed by atoms with Gasteiger partial charge in [-0.05, 0) is 24.7 Å². The third kappa shape index (κ3) is 1.03. The highest BCUT2D eigenvalue weighted by atomic mass is 14.7. The molecule has 1 saturated carbocycles. The lowest BCUT2D eigenvalue weighted by molar-refractivity contribution is 0.547. The summed E-state index contributed by atoms with van der Waals surface area (Å²) in [5.41, 5.74) is 5.77. The van der Waals surface area contributed by atoms with Gasteiger partial charge in [-0.3, -0.25) is 0 Å². The Bertz CT molecular complexity index is 78.5. The first-order chi connectivity index (χ1) is 3.75. The topological polar surface area (TPSA) is 26.0 Å². The Balaban J connectivity index is 2.18. The molecular formula is C7H15N. The number of nitrogens with two attached hydrogens (primary N) is 1. The van der Waals surface area contributed by atoms with Crippen molar-refractivity contribution >= 4 is 0 Å². The van der Waals surface area contributed by atoms with Crippen LogP contribution in [-0.2, 0) is 0 Å². The lowest BCUT2D eigenvalue weighted by atomic mass is 10.1. The molecule has 0 radical (unpaired) electrons. The Morgan fingerprint density at radius 3 is 2.38 bits per heavy atom. The monoisotopic (exact) mass is 113 g/mol. The van der Waals surface area contributed by atoms with Crippen LogP contribution < -0.4 is 5.73 Å². The maximum Gasteiger partial charge on any atom is 0.00671 e. The predicted molar refractivity (Wildman–Crippen MR) is 35.5 cm³/mol. The van der Waals surface area contributed by atoms with Gasteiger partial charge in [0.2, 0.25) is 0 Å². The van der Waals surface area contributed by atoms with Crippen LogP contribution in [0.1, 0.15) is 26.7 Å². The Kier molecular flexibility index (Phi) is 1.57. The van der Waals surface area contributed by atoms with Gasteiger partial charge in [0.05, 0.1) is 0 Å². The van der Waals surface area contributed by atoms with Gasteiger partial charge in [0.15, 0.2) is 0 Å². The fraction of sp³-hybridized carbons (Fsp3) is 1.00. The van der Waals surface area contributed by atoms with Crippen molar-refractivity contribution in [1.82, 2.24) is 0 Å². The second kappa shape index (κ2) is 2.06. The number of hydrogen-bond donors (Lipinski definition) is 1. The van der Waals surface area contributed by atoms with Gasteiger partial charge >= 0.3 is 0 Å². The molecule has 0 unspecified atom stereocenters. The van der Waals surface area contributed by atoms with Crippen LogP contribution in [0.4, 0.5) is 0 Å². The van der Waals surface area contributed by atoms with Crippen LogP contribution in [0.15, 0.2) is 0 Å². The second-order valence-corrected chi connectivity index (χ2v) is 2.95. The SMILES string of the molecule is CC[C@H](N)[C@@H]1C[C@@H]1C. The molecule has 1 nitrogen and oxygen atoms in total. The van der Waals surface area contributed by atoms with E-state index in [-0.39, 0.29) is 0 Å². The van der Waals surface area contributed by atoms with Crippen molar-refractivity contribution in [3.63, 3.8) is 0 Å². The molecule has 1 heteroatoms. The summed E-state index contributed by atoms with van der Waals surface area (Å²) < 4.78 is 0. The van der Waals surface area contributed by atoms with Crippen LogP contribution in [0.5, 0.6) is 0 Å². The molecule has 1 fully saturated rings. The molecule has 8 heavy (non-hydrogen) atoms. The van der Waals surface area contributed by atoms with Crippen LogP contribution in [0, 0.1) is 11.8 Å². The van der Waals surface area contributed by atoms with E-state index in [0.717, 1.165) is 18.3 Å². The van der Waals surface area contributed by atoms with E-state index in [2.05, 4.69) is 13.8 Å². The molecule has 48 valence electrons. The van der Waals surface area contributed by atoms with Gasteiger partial charge in [-0.25, -0.2) is 0 Å². The van der Waals surface area contributed by atoms with Crippen molar-refractivity contribution in [2.24, 2.45) is 17.6 Å². The molecule has 0 aromatic rings. The molecule has 1 aliphatic carbocycles. The van der Waals surface area contributed by atoms with E-state index in [0.29, 0.717) is 6.04 Å². The second-order valence-electron chi connectivity index (χ2n) is 2.95. The molecule has 1 aliphatic rings. The normalized spacial score (nSPS) is 39.4. The zero-order chi connectivity index (χ0) is 6.15. The van der Waals surface area contributed by atoms with E-state index < -0.39 is 0 Å². The Hall–Kier alpha value is -0.0400. The minimum Gasteiger partial charge on any atom is -0.327 e. The van der Waals surface area contributed by atoms with Gasteiger partial charge in [-0.2, -0.15) is 0 Å². The van der Waals surface area contributed by atoms with Crippen LogP contribution in [0.3, 0.4) is 0 Å². The summed E-state index contributed by atoms with van der Waals surface area (Å²) in [6.45, 7) is 4.44. The first-order valence-corrected chi connectivity index (χ1v) is 3.51. The molecule has 0 aromatic heterocycles. The highest BCUT2D eigenvalue weighted by Crippen LogP contribution is 2.40. The van der Waals surface area contributed by atoms with Gasteiger partial charge in [0.1, 0.15) is 0 Å². The van der Waals surface area contributed by atoms with E-state index >= 15 is 0 Å². The van der Waals surface area contributed by atoms with Crippen LogP contribution in [0.25, 0.3) is 0 Å². The van der Waals surface area contributed by atoms with E-state index in [9.17, 15) is 0 Å². The summed E-state index contributed by atoms with van der Waals surface area (Å²) in [6, 6.07) is 0.491. The summed E-state index contributed by atoms with van der Waals surface area (Å²) in [6.07, 6.45) is 2.52. The zero-order valence-corrected chi connectivity index (χ0v) is 5.72. The Morgan fingerprint density at radius 1 is 1.75 bits per heavy atom. The van der Waals surface area contributed by atoms with E-state index in [1.54, 1.807) is 0 Å². The van der Waals surface area contributed by atoms with Crippen LogP contribution >= 0.6 is 0 Å². The molecule has 0 bridgehead atoms. The molecule has 3 atom stereocenters. The van der Waals surface area contributed by atoms with Gasteiger partial charge < -0.3 is 5.73 Å².